The number of ether oxygens (including phenoxy) is 1. The molecule has 1 aromatic heterocycles. The smallest absolute Gasteiger partial charge is 0.191 e. The van der Waals surface area contributed by atoms with Crippen LogP contribution in [0.5, 0.6) is 0 Å². The summed E-state index contributed by atoms with van der Waals surface area (Å²) >= 11 is 0. The van der Waals surface area contributed by atoms with Gasteiger partial charge in [0.2, 0.25) is 0 Å². The van der Waals surface area contributed by atoms with Crippen molar-refractivity contribution in [2.45, 2.75) is 32.5 Å². The molecular weight excluding hydrogens is 386 g/mol. The number of fused-ring (bicyclic) bond motifs is 1. The number of rotatable bonds is 5. The lowest BCUT2D eigenvalue weighted by Gasteiger charge is -2.32. The lowest BCUT2D eigenvalue weighted by molar-refractivity contribution is 0.0529. The summed E-state index contributed by atoms with van der Waals surface area (Å²) in [5.74, 6) is 1.78. The van der Waals surface area contributed by atoms with Gasteiger partial charge in [-0.15, -0.1) is 0 Å². The third-order valence-corrected chi connectivity index (χ3v) is 5.69. The van der Waals surface area contributed by atoms with Crippen LogP contribution in [0.15, 0.2) is 65.8 Å². The van der Waals surface area contributed by atoms with E-state index in [1.165, 1.54) is 21.9 Å². The Hall–Kier alpha value is -3.12. The van der Waals surface area contributed by atoms with Crippen molar-refractivity contribution in [3.05, 3.63) is 71.9 Å². The molecular formula is C25H31N5O. The van der Waals surface area contributed by atoms with E-state index in [1.807, 2.05) is 12.3 Å². The first-order chi connectivity index (χ1) is 15.1. The SMILES string of the molecule is CN=C(NCc1ccnc(N2CCOC(C)C2)c1)NC(C)c1ccc2ccccc2c1. The van der Waals surface area contributed by atoms with Crippen molar-refractivity contribution < 1.29 is 4.74 Å². The van der Waals surface area contributed by atoms with Crippen LogP contribution >= 0.6 is 0 Å². The monoisotopic (exact) mass is 417 g/mol. The molecule has 2 N–H and O–H groups in total. The van der Waals surface area contributed by atoms with Crippen molar-refractivity contribution in [2.24, 2.45) is 4.99 Å². The summed E-state index contributed by atoms with van der Waals surface area (Å²) in [6, 6.07) is 19.3. The van der Waals surface area contributed by atoms with Crippen LogP contribution in [0.1, 0.15) is 31.0 Å². The lowest BCUT2D eigenvalue weighted by atomic mass is 10.0. The Labute approximate surface area is 184 Å². The molecule has 6 heteroatoms. The molecule has 2 aromatic carbocycles. The van der Waals surface area contributed by atoms with Crippen LogP contribution in [0.25, 0.3) is 10.8 Å². The number of benzene rings is 2. The van der Waals surface area contributed by atoms with Gasteiger partial charge in [0, 0.05) is 32.9 Å². The molecule has 2 heterocycles. The summed E-state index contributed by atoms with van der Waals surface area (Å²) in [5.41, 5.74) is 2.40. The highest BCUT2D eigenvalue weighted by Crippen LogP contribution is 2.20. The summed E-state index contributed by atoms with van der Waals surface area (Å²) < 4.78 is 5.64. The second-order valence-corrected chi connectivity index (χ2v) is 8.05. The molecule has 0 radical (unpaired) electrons. The van der Waals surface area contributed by atoms with Crippen LogP contribution in [0.3, 0.4) is 0 Å². The highest BCUT2D eigenvalue weighted by Gasteiger charge is 2.18. The largest absolute Gasteiger partial charge is 0.375 e. The van der Waals surface area contributed by atoms with Gasteiger partial charge >= 0.3 is 0 Å². The Morgan fingerprint density at radius 3 is 2.84 bits per heavy atom. The number of morpholine rings is 1. The number of nitrogens with one attached hydrogen (secondary N) is 2. The number of pyridine rings is 1. The summed E-state index contributed by atoms with van der Waals surface area (Å²) in [6.07, 6.45) is 2.11. The van der Waals surface area contributed by atoms with Gasteiger partial charge in [-0.3, -0.25) is 4.99 Å². The van der Waals surface area contributed by atoms with Crippen LogP contribution in [-0.4, -0.2) is 43.8 Å². The summed E-state index contributed by atoms with van der Waals surface area (Å²) in [7, 11) is 1.80. The molecule has 0 amide bonds. The molecule has 2 atom stereocenters. The standard InChI is InChI=1S/C25H31N5O/c1-18-17-30(12-13-31-18)24-14-20(10-11-27-24)16-28-25(26-3)29-19(2)22-9-8-21-6-4-5-7-23(21)15-22/h4-11,14-15,18-19H,12-13,16-17H2,1-3H3,(H2,26,28,29). The van der Waals surface area contributed by atoms with Crippen molar-refractivity contribution in [3.8, 4) is 0 Å². The normalized spacial score (nSPS) is 18.1. The highest BCUT2D eigenvalue weighted by atomic mass is 16.5. The number of aromatic nitrogens is 1. The molecule has 2 unspecified atom stereocenters. The van der Waals surface area contributed by atoms with Gasteiger partial charge in [0.25, 0.3) is 0 Å². The molecule has 1 fully saturated rings. The number of hydrogen-bond acceptors (Lipinski definition) is 4. The zero-order chi connectivity index (χ0) is 21.6. The van der Waals surface area contributed by atoms with Gasteiger partial charge in [-0.05, 0) is 53.9 Å². The predicted molar refractivity (Wildman–Crippen MR) is 128 cm³/mol. The number of anilines is 1. The first kappa shape index (κ1) is 21.1. The van der Waals surface area contributed by atoms with Crippen LogP contribution in [0, 0.1) is 0 Å². The molecule has 1 saturated heterocycles. The van der Waals surface area contributed by atoms with Gasteiger partial charge in [-0.25, -0.2) is 4.98 Å². The van der Waals surface area contributed by atoms with Crippen molar-refractivity contribution in [1.82, 2.24) is 15.6 Å². The zero-order valence-corrected chi connectivity index (χ0v) is 18.5. The maximum absolute atomic E-state index is 5.64. The van der Waals surface area contributed by atoms with Crippen LogP contribution in [0.2, 0.25) is 0 Å². The Balaban J connectivity index is 1.37. The van der Waals surface area contributed by atoms with Gasteiger partial charge in [0.05, 0.1) is 18.8 Å². The van der Waals surface area contributed by atoms with Gasteiger partial charge < -0.3 is 20.3 Å². The Bertz CT molecular complexity index is 1050. The second-order valence-electron chi connectivity index (χ2n) is 8.05. The van der Waals surface area contributed by atoms with Crippen molar-refractivity contribution in [2.75, 3.05) is 31.6 Å². The molecule has 6 nitrogen and oxygen atoms in total. The molecule has 31 heavy (non-hydrogen) atoms. The molecule has 1 aliphatic rings. The Kier molecular flexibility index (Phi) is 6.67. The maximum atomic E-state index is 5.64. The Morgan fingerprint density at radius 2 is 2.03 bits per heavy atom. The molecule has 4 rings (SSSR count). The summed E-state index contributed by atoms with van der Waals surface area (Å²) in [5, 5.41) is 9.43. The zero-order valence-electron chi connectivity index (χ0n) is 18.5. The minimum atomic E-state index is 0.138. The van der Waals surface area contributed by atoms with Gasteiger partial charge in [0.1, 0.15) is 5.82 Å². The van der Waals surface area contributed by atoms with Crippen molar-refractivity contribution >= 4 is 22.5 Å². The number of nitrogens with zero attached hydrogens (tertiary/aromatic N) is 3. The van der Waals surface area contributed by atoms with Crippen LogP contribution in [0.4, 0.5) is 5.82 Å². The molecule has 1 aliphatic heterocycles. The van der Waals surface area contributed by atoms with Gasteiger partial charge in [0.15, 0.2) is 5.96 Å². The first-order valence-corrected chi connectivity index (χ1v) is 10.9. The quantitative estimate of drug-likeness (QED) is 0.487. The van der Waals surface area contributed by atoms with E-state index in [0.29, 0.717) is 6.54 Å². The van der Waals surface area contributed by atoms with Gasteiger partial charge in [-0.2, -0.15) is 0 Å². The topological polar surface area (TPSA) is 61.8 Å². The maximum Gasteiger partial charge on any atom is 0.191 e. The fourth-order valence-corrected chi connectivity index (χ4v) is 3.92. The van der Waals surface area contributed by atoms with E-state index in [0.717, 1.165) is 31.5 Å². The van der Waals surface area contributed by atoms with E-state index in [4.69, 9.17) is 4.74 Å². The van der Waals surface area contributed by atoms with E-state index in [1.54, 1.807) is 7.05 Å². The van der Waals surface area contributed by atoms with Crippen LogP contribution < -0.4 is 15.5 Å². The summed E-state index contributed by atoms with van der Waals surface area (Å²) in [6.45, 7) is 7.43. The fourth-order valence-electron chi connectivity index (χ4n) is 3.92. The molecule has 0 saturated carbocycles. The lowest BCUT2D eigenvalue weighted by Crippen LogP contribution is -2.41. The number of guanidine groups is 1. The molecule has 162 valence electrons. The van der Waals surface area contributed by atoms with E-state index >= 15 is 0 Å². The van der Waals surface area contributed by atoms with E-state index < -0.39 is 0 Å². The second kappa shape index (κ2) is 9.79. The van der Waals surface area contributed by atoms with Crippen molar-refractivity contribution in [1.29, 1.82) is 0 Å². The average Bonchev–Trinajstić information content (AvgIpc) is 2.81. The predicted octanol–water partition coefficient (Wildman–Crippen LogP) is 3.89. The molecule has 0 spiro atoms. The first-order valence-electron chi connectivity index (χ1n) is 10.9. The minimum Gasteiger partial charge on any atom is -0.375 e. The molecule has 3 aromatic rings. The van der Waals surface area contributed by atoms with E-state index in [-0.39, 0.29) is 12.1 Å². The average molecular weight is 418 g/mol. The number of aliphatic imine (C=N–C) groups is 1. The van der Waals surface area contributed by atoms with Gasteiger partial charge in [-0.1, -0.05) is 36.4 Å². The minimum absolute atomic E-state index is 0.138. The fraction of sp³-hybridized carbons (Fsp3) is 0.360. The third-order valence-electron chi connectivity index (χ3n) is 5.69. The van der Waals surface area contributed by atoms with Crippen LogP contribution in [-0.2, 0) is 11.3 Å². The van der Waals surface area contributed by atoms with Crippen molar-refractivity contribution in [3.63, 3.8) is 0 Å². The Morgan fingerprint density at radius 1 is 1.19 bits per heavy atom. The summed E-state index contributed by atoms with van der Waals surface area (Å²) in [4.78, 5) is 11.2. The van der Waals surface area contributed by atoms with E-state index in [2.05, 4.69) is 87.9 Å². The number of hydrogen-bond donors (Lipinski definition) is 2. The molecule has 0 aliphatic carbocycles. The third kappa shape index (κ3) is 5.33. The van der Waals surface area contributed by atoms with E-state index in [9.17, 15) is 0 Å². The highest BCUT2D eigenvalue weighted by molar-refractivity contribution is 5.84. The molecule has 0 bridgehead atoms.